The molecule has 28 heavy (non-hydrogen) atoms. The first kappa shape index (κ1) is 21.5. The van der Waals surface area contributed by atoms with E-state index < -0.39 is 5.91 Å². The lowest BCUT2D eigenvalue weighted by Crippen LogP contribution is -2.24. The summed E-state index contributed by atoms with van der Waals surface area (Å²) in [6.45, 7) is 5.98. The fourth-order valence-electron chi connectivity index (χ4n) is 3.09. The van der Waals surface area contributed by atoms with E-state index in [0.29, 0.717) is 22.6 Å². The number of primary amides is 1. The van der Waals surface area contributed by atoms with Gasteiger partial charge in [0.2, 0.25) is 11.8 Å². The molecule has 2 amide bonds. The highest BCUT2D eigenvalue weighted by atomic mass is 16.2. The molecule has 3 N–H and O–H groups in total. The Kier molecular flexibility index (Phi) is 8.07. The van der Waals surface area contributed by atoms with E-state index >= 15 is 0 Å². The van der Waals surface area contributed by atoms with Crippen molar-refractivity contribution in [1.29, 1.82) is 0 Å². The Balaban J connectivity index is 0.00000136. The second-order valence-corrected chi connectivity index (χ2v) is 6.65. The minimum Gasteiger partial charge on any atom is -0.366 e. The van der Waals surface area contributed by atoms with Crippen LogP contribution in [0.5, 0.6) is 0 Å². The molecule has 2 aromatic rings. The van der Waals surface area contributed by atoms with Crippen LogP contribution in [0.25, 0.3) is 11.4 Å². The zero-order valence-electron chi connectivity index (χ0n) is 16.8. The molecule has 7 nitrogen and oxygen atoms in total. The molecule has 0 spiro atoms. The minimum atomic E-state index is -0.508. The third kappa shape index (κ3) is 5.85. The molecule has 7 heteroatoms. The number of nitrogens with two attached hydrogens (primary N) is 1. The van der Waals surface area contributed by atoms with Crippen molar-refractivity contribution in [3.8, 4) is 11.4 Å². The van der Waals surface area contributed by atoms with E-state index in [1.54, 1.807) is 30.5 Å². The molecular formula is C21H29N5O2. The van der Waals surface area contributed by atoms with Crippen molar-refractivity contribution in [1.82, 2.24) is 14.9 Å². The average Bonchev–Trinajstić information content (AvgIpc) is 2.95. The topological polar surface area (TPSA) is 101 Å². The molecule has 150 valence electrons. The quantitative estimate of drug-likeness (QED) is 0.845. The van der Waals surface area contributed by atoms with Crippen LogP contribution in [0.2, 0.25) is 0 Å². The van der Waals surface area contributed by atoms with Crippen molar-refractivity contribution in [2.75, 3.05) is 25.5 Å². The molecule has 0 aromatic carbocycles. The predicted octanol–water partition coefficient (Wildman–Crippen LogP) is 2.94. The van der Waals surface area contributed by atoms with E-state index in [0.717, 1.165) is 32.4 Å². The molecule has 1 aliphatic heterocycles. The van der Waals surface area contributed by atoms with Crippen LogP contribution in [0.3, 0.4) is 0 Å². The van der Waals surface area contributed by atoms with Gasteiger partial charge in [-0.25, -0.2) is 0 Å². The van der Waals surface area contributed by atoms with Gasteiger partial charge in [-0.05, 0) is 63.7 Å². The molecule has 0 bridgehead atoms. The van der Waals surface area contributed by atoms with Crippen LogP contribution in [-0.2, 0) is 4.79 Å². The summed E-state index contributed by atoms with van der Waals surface area (Å²) in [4.78, 5) is 34.6. The number of rotatable bonds is 4. The Morgan fingerprint density at radius 3 is 2.57 bits per heavy atom. The highest BCUT2D eigenvalue weighted by Gasteiger charge is 2.21. The summed E-state index contributed by atoms with van der Waals surface area (Å²) in [5.41, 5.74) is 7.50. The Labute approximate surface area is 166 Å². The van der Waals surface area contributed by atoms with Crippen molar-refractivity contribution >= 4 is 17.5 Å². The van der Waals surface area contributed by atoms with Crippen molar-refractivity contribution < 1.29 is 9.59 Å². The summed E-state index contributed by atoms with van der Waals surface area (Å²) in [6.07, 6.45) is 5.95. The number of hydrogen-bond acceptors (Lipinski definition) is 5. The largest absolute Gasteiger partial charge is 0.366 e. The van der Waals surface area contributed by atoms with E-state index in [1.165, 1.54) is 6.20 Å². The number of nitrogens with zero attached hydrogens (tertiary/aromatic N) is 3. The number of carbonyl (C=O) groups is 2. The summed E-state index contributed by atoms with van der Waals surface area (Å²) in [6, 6.07) is 6.72. The van der Waals surface area contributed by atoms with E-state index in [9.17, 15) is 9.59 Å². The second-order valence-electron chi connectivity index (χ2n) is 6.65. The molecule has 0 radical (unpaired) electrons. The average molecular weight is 383 g/mol. The Hall–Kier alpha value is -2.80. The van der Waals surface area contributed by atoms with E-state index in [2.05, 4.69) is 27.2 Å². The van der Waals surface area contributed by atoms with Crippen LogP contribution in [0, 0.1) is 5.92 Å². The van der Waals surface area contributed by atoms with Crippen LogP contribution in [0.4, 0.5) is 5.69 Å². The number of anilines is 1. The summed E-state index contributed by atoms with van der Waals surface area (Å²) in [5, 5.41) is 2.95. The van der Waals surface area contributed by atoms with Gasteiger partial charge in [0.1, 0.15) is 0 Å². The monoisotopic (exact) mass is 383 g/mol. The maximum absolute atomic E-state index is 12.5. The van der Waals surface area contributed by atoms with Gasteiger partial charge in [0, 0.05) is 17.7 Å². The summed E-state index contributed by atoms with van der Waals surface area (Å²) in [5.74, 6) is -0.427. The Morgan fingerprint density at radius 1 is 1.11 bits per heavy atom. The van der Waals surface area contributed by atoms with Crippen LogP contribution >= 0.6 is 0 Å². The maximum Gasteiger partial charge on any atom is 0.248 e. The number of aromatic nitrogens is 2. The molecule has 2 aromatic heterocycles. The highest BCUT2D eigenvalue weighted by molar-refractivity contribution is 5.94. The van der Waals surface area contributed by atoms with E-state index in [1.807, 2.05) is 13.8 Å². The Morgan fingerprint density at radius 2 is 1.89 bits per heavy atom. The fourth-order valence-corrected chi connectivity index (χ4v) is 3.09. The van der Waals surface area contributed by atoms with Crippen LogP contribution in [0.1, 0.15) is 43.5 Å². The predicted molar refractivity (Wildman–Crippen MR) is 111 cm³/mol. The molecule has 1 unspecified atom stereocenters. The molecule has 0 saturated carbocycles. The number of hydrogen-bond donors (Lipinski definition) is 2. The smallest absolute Gasteiger partial charge is 0.248 e. The van der Waals surface area contributed by atoms with Gasteiger partial charge in [-0.2, -0.15) is 0 Å². The van der Waals surface area contributed by atoms with Crippen molar-refractivity contribution in [2.24, 2.45) is 11.7 Å². The molecule has 1 atom stereocenters. The molecule has 3 heterocycles. The number of likely N-dealkylation sites (tertiary alicyclic amines) is 1. The van der Waals surface area contributed by atoms with Crippen LogP contribution in [0.15, 0.2) is 36.7 Å². The molecule has 3 rings (SSSR count). The SMILES string of the molecule is CC.CN1CCCC(C(=O)Nc2ccc(-c3cc(C(N)=O)ccn3)nc2)CC1. The van der Waals surface area contributed by atoms with Gasteiger partial charge in [-0.3, -0.25) is 19.6 Å². The van der Waals surface area contributed by atoms with Gasteiger partial charge >= 0.3 is 0 Å². The number of pyridine rings is 2. The van der Waals surface area contributed by atoms with Gasteiger partial charge in [0.25, 0.3) is 0 Å². The molecule has 1 fully saturated rings. The molecule has 0 aliphatic carbocycles. The summed E-state index contributed by atoms with van der Waals surface area (Å²) in [7, 11) is 2.09. The molecule has 1 saturated heterocycles. The lowest BCUT2D eigenvalue weighted by molar-refractivity contribution is -0.120. The fraction of sp³-hybridized carbons (Fsp3) is 0.429. The first-order valence-electron chi connectivity index (χ1n) is 9.74. The van der Waals surface area contributed by atoms with Gasteiger partial charge in [-0.1, -0.05) is 13.8 Å². The lowest BCUT2D eigenvalue weighted by Gasteiger charge is -2.15. The molecule has 1 aliphatic rings. The first-order chi connectivity index (χ1) is 13.5. The van der Waals surface area contributed by atoms with Crippen molar-refractivity contribution in [2.45, 2.75) is 33.1 Å². The normalized spacial score (nSPS) is 17.0. The third-order valence-electron chi connectivity index (χ3n) is 4.66. The van der Waals surface area contributed by atoms with Gasteiger partial charge in [-0.15, -0.1) is 0 Å². The summed E-state index contributed by atoms with van der Waals surface area (Å²) >= 11 is 0. The van der Waals surface area contributed by atoms with Gasteiger partial charge in [0.15, 0.2) is 0 Å². The third-order valence-corrected chi connectivity index (χ3v) is 4.66. The van der Waals surface area contributed by atoms with Crippen LogP contribution in [-0.4, -0.2) is 46.8 Å². The minimum absolute atomic E-state index is 0.0357. The number of carbonyl (C=O) groups excluding carboxylic acids is 2. The number of amides is 2. The van der Waals surface area contributed by atoms with E-state index in [-0.39, 0.29) is 11.8 Å². The zero-order valence-corrected chi connectivity index (χ0v) is 16.8. The highest BCUT2D eigenvalue weighted by Crippen LogP contribution is 2.21. The van der Waals surface area contributed by atoms with Crippen molar-refractivity contribution in [3.05, 3.63) is 42.2 Å². The lowest BCUT2D eigenvalue weighted by atomic mass is 10.00. The standard InChI is InChI=1S/C19H23N5O2.C2H6/c1-24-9-2-3-13(7-10-24)19(26)23-15-4-5-16(22-12-15)17-11-14(18(20)25)6-8-21-17;1-2/h4-6,8,11-13H,2-3,7,9-10H2,1H3,(H2,20,25)(H,23,26);1-2H3. The van der Waals surface area contributed by atoms with Crippen LogP contribution < -0.4 is 11.1 Å². The zero-order chi connectivity index (χ0) is 20.5. The number of nitrogens with one attached hydrogen (secondary N) is 1. The Bertz CT molecular complexity index is 792. The van der Waals surface area contributed by atoms with Gasteiger partial charge in [0.05, 0.1) is 23.3 Å². The molecular weight excluding hydrogens is 354 g/mol. The van der Waals surface area contributed by atoms with E-state index in [4.69, 9.17) is 5.73 Å². The first-order valence-corrected chi connectivity index (χ1v) is 9.74. The van der Waals surface area contributed by atoms with Gasteiger partial charge < -0.3 is 16.0 Å². The second kappa shape index (κ2) is 10.5. The van der Waals surface area contributed by atoms with Crippen molar-refractivity contribution in [3.63, 3.8) is 0 Å². The summed E-state index contributed by atoms with van der Waals surface area (Å²) < 4.78 is 0. The maximum atomic E-state index is 12.5.